The van der Waals surface area contributed by atoms with Crippen molar-refractivity contribution in [3.05, 3.63) is 54.1 Å². The molecule has 2 heterocycles. The molecule has 1 aliphatic rings. The molecule has 0 saturated carbocycles. The van der Waals surface area contributed by atoms with E-state index in [0.29, 0.717) is 0 Å². The van der Waals surface area contributed by atoms with Gasteiger partial charge in [-0.2, -0.15) is 9.36 Å². The zero-order chi connectivity index (χ0) is 17.9. The molecule has 1 atom stereocenters. The molecule has 0 N–H and O–H groups in total. The highest BCUT2D eigenvalue weighted by Crippen LogP contribution is 2.41. The SMILES string of the molecule is COc1ccc([C@H]2CCCN2c2nsc(-c3ccccc3)n2)c(OC)c1. The van der Waals surface area contributed by atoms with Crippen molar-refractivity contribution < 1.29 is 9.47 Å². The van der Waals surface area contributed by atoms with Gasteiger partial charge in [-0.15, -0.1) is 0 Å². The van der Waals surface area contributed by atoms with E-state index in [2.05, 4.69) is 27.5 Å². The van der Waals surface area contributed by atoms with Crippen LogP contribution in [0.4, 0.5) is 5.95 Å². The maximum atomic E-state index is 5.61. The van der Waals surface area contributed by atoms with Crippen LogP contribution in [0.3, 0.4) is 0 Å². The van der Waals surface area contributed by atoms with Gasteiger partial charge in [-0.05, 0) is 36.5 Å². The Labute approximate surface area is 157 Å². The third kappa shape index (κ3) is 3.12. The molecule has 6 heteroatoms. The first-order chi connectivity index (χ1) is 12.8. The van der Waals surface area contributed by atoms with Crippen LogP contribution in [-0.2, 0) is 0 Å². The Balaban J connectivity index is 1.65. The lowest BCUT2D eigenvalue weighted by molar-refractivity contribution is 0.388. The zero-order valence-electron chi connectivity index (χ0n) is 14.9. The average molecular weight is 367 g/mol. The average Bonchev–Trinajstić information content (AvgIpc) is 3.37. The maximum Gasteiger partial charge on any atom is 0.238 e. The Hall–Kier alpha value is -2.60. The summed E-state index contributed by atoms with van der Waals surface area (Å²) in [6, 6.07) is 16.4. The van der Waals surface area contributed by atoms with Gasteiger partial charge in [-0.25, -0.2) is 0 Å². The third-order valence-electron chi connectivity index (χ3n) is 4.75. The van der Waals surface area contributed by atoms with E-state index in [1.54, 1.807) is 14.2 Å². The van der Waals surface area contributed by atoms with Crippen molar-refractivity contribution in [1.29, 1.82) is 0 Å². The first kappa shape index (κ1) is 16.8. The third-order valence-corrected chi connectivity index (χ3v) is 5.50. The number of ether oxygens (including phenoxy) is 2. The van der Waals surface area contributed by atoms with Crippen LogP contribution < -0.4 is 14.4 Å². The van der Waals surface area contributed by atoms with Gasteiger partial charge < -0.3 is 14.4 Å². The van der Waals surface area contributed by atoms with E-state index in [0.717, 1.165) is 53.0 Å². The summed E-state index contributed by atoms with van der Waals surface area (Å²) in [6.45, 7) is 0.949. The van der Waals surface area contributed by atoms with Crippen LogP contribution in [0.1, 0.15) is 24.4 Å². The predicted molar refractivity (Wildman–Crippen MR) is 104 cm³/mol. The number of hydrogen-bond donors (Lipinski definition) is 0. The lowest BCUT2D eigenvalue weighted by Crippen LogP contribution is -2.24. The molecule has 134 valence electrons. The molecule has 5 nitrogen and oxygen atoms in total. The van der Waals surface area contributed by atoms with E-state index in [1.165, 1.54) is 11.5 Å². The standard InChI is InChI=1S/C20H21N3O2S/c1-24-15-10-11-16(18(13-15)25-2)17-9-6-12-23(17)20-21-19(26-22-20)14-7-4-3-5-8-14/h3-5,7-8,10-11,13,17H,6,9,12H2,1-2H3/t17-/m1/s1. The van der Waals surface area contributed by atoms with Crippen molar-refractivity contribution in [2.75, 3.05) is 25.7 Å². The fourth-order valence-electron chi connectivity index (χ4n) is 3.45. The molecule has 1 aliphatic heterocycles. The van der Waals surface area contributed by atoms with Gasteiger partial charge in [0.05, 0.1) is 20.3 Å². The lowest BCUT2D eigenvalue weighted by Gasteiger charge is -2.25. The van der Waals surface area contributed by atoms with Crippen molar-refractivity contribution in [2.45, 2.75) is 18.9 Å². The first-order valence-corrected chi connectivity index (χ1v) is 9.45. The topological polar surface area (TPSA) is 47.5 Å². The van der Waals surface area contributed by atoms with E-state index < -0.39 is 0 Å². The van der Waals surface area contributed by atoms with Gasteiger partial charge in [-0.1, -0.05) is 30.3 Å². The molecule has 0 bridgehead atoms. The second-order valence-corrected chi connectivity index (χ2v) is 6.98. The second-order valence-electron chi connectivity index (χ2n) is 6.22. The number of aromatic nitrogens is 2. The molecule has 1 aromatic heterocycles. The van der Waals surface area contributed by atoms with Crippen molar-refractivity contribution in [2.24, 2.45) is 0 Å². The summed E-state index contributed by atoms with van der Waals surface area (Å²) in [4.78, 5) is 7.08. The Bertz CT molecular complexity index is 882. The van der Waals surface area contributed by atoms with Crippen LogP contribution in [0, 0.1) is 0 Å². The molecule has 1 fully saturated rings. The minimum absolute atomic E-state index is 0.217. The van der Waals surface area contributed by atoms with Crippen LogP contribution in [-0.4, -0.2) is 30.1 Å². The summed E-state index contributed by atoms with van der Waals surface area (Å²) in [5.74, 6) is 2.45. The van der Waals surface area contributed by atoms with Gasteiger partial charge in [0.15, 0.2) is 0 Å². The Morgan fingerprint density at radius 3 is 2.69 bits per heavy atom. The first-order valence-electron chi connectivity index (χ1n) is 8.68. The quantitative estimate of drug-likeness (QED) is 0.661. The van der Waals surface area contributed by atoms with E-state index in [1.807, 2.05) is 30.3 Å². The normalized spacial score (nSPS) is 16.7. The molecule has 0 amide bonds. The van der Waals surface area contributed by atoms with Crippen LogP contribution in [0.5, 0.6) is 11.5 Å². The minimum atomic E-state index is 0.217. The summed E-state index contributed by atoms with van der Waals surface area (Å²) < 4.78 is 15.6. The molecule has 1 saturated heterocycles. The molecular weight excluding hydrogens is 346 g/mol. The largest absolute Gasteiger partial charge is 0.497 e. The Morgan fingerprint density at radius 2 is 1.92 bits per heavy atom. The molecule has 2 aromatic carbocycles. The second kappa shape index (κ2) is 7.33. The monoisotopic (exact) mass is 367 g/mol. The van der Waals surface area contributed by atoms with Crippen LogP contribution >= 0.6 is 11.5 Å². The smallest absolute Gasteiger partial charge is 0.238 e. The Kier molecular flexibility index (Phi) is 4.75. The van der Waals surface area contributed by atoms with Crippen LogP contribution in [0.2, 0.25) is 0 Å². The van der Waals surface area contributed by atoms with Crippen molar-refractivity contribution in [3.8, 4) is 22.1 Å². The van der Waals surface area contributed by atoms with Gasteiger partial charge in [0.1, 0.15) is 16.5 Å². The number of hydrogen-bond acceptors (Lipinski definition) is 6. The van der Waals surface area contributed by atoms with Gasteiger partial charge >= 0.3 is 0 Å². The molecule has 0 spiro atoms. The summed E-state index contributed by atoms with van der Waals surface area (Å²) in [7, 11) is 3.37. The molecule has 0 radical (unpaired) electrons. The Morgan fingerprint density at radius 1 is 1.08 bits per heavy atom. The lowest BCUT2D eigenvalue weighted by atomic mass is 10.0. The molecule has 26 heavy (non-hydrogen) atoms. The highest BCUT2D eigenvalue weighted by molar-refractivity contribution is 7.09. The summed E-state index contributed by atoms with van der Waals surface area (Å²) in [5, 5.41) is 0.952. The van der Waals surface area contributed by atoms with Crippen molar-refractivity contribution in [1.82, 2.24) is 9.36 Å². The van der Waals surface area contributed by atoms with Crippen LogP contribution in [0.15, 0.2) is 48.5 Å². The highest BCUT2D eigenvalue weighted by Gasteiger charge is 2.31. The van der Waals surface area contributed by atoms with E-state index in [-0.39, 0.29) is 6.04 Å². The fraction of sp³-hybridized carbons (Fsp3) is 0.300. The van der Waals surface area contributed by atoms with Gasteiger partial charge in [0.25, 0.3) is 0 Å². The molecular formula is C20H21N3O2S. The number of nitrogens with zero attached hydrogens (tertiary/aromatic N) is 3. The van der Waals surface area contributed by atoms with Crippen molar-refractivity contribution in [3.63, 3.8) is 0 Å². The molecule has 0 unspecified atom stereocenters. The van der Waals surface area contributed by atoms with Gasteiger partial charge in [0, 0.05) is 23.7 Å². The molecule has 3 aromatic rings. The van der Waals surface area contributed by atoms with Gasteiger partial charge in [-0.3, -0.25) is 0 Å². The molecule has 0 aliphatic carbocycles. The summed E-state index contributed by atoms with van der Waals surface area (Å²) in [6.07, 6.45) is 2.17. The van der Waals surface area contributed by atoms with Crippen molar-refractivity contribution >= 4 is 17.5 Å². The van der Waals surface area contributed by atoms with E-state index in [9.17, 15) is 0 Å². The maximum absolute atomic E-state index is 5.61. The minimum Gasteiger partial charge on any atom is -0.497 e. The summed E-state index contributed by atoms with van der Waals surface area (Å²) in [5.41, 5.74) is 2.26. The van der Waals surface area contributed by atoms with Crippen LogP contribution in [0.25, 0.3) is 10.6 Å². The number of anilines is 1. The highest BCUT2D eigenvalue weighted by atomic mass is 32.1. The number of benzene rings is 2. The fourth-order valence-corrected chi connectivity index (χ4v) is 4.13. The zero-order valence-corrected chi connectivity index (χ0v) is 15.7. The van der Waals surface area contributed by atoms with E-state index >= 15 is 0 Å². The molecule has 4 rings (SSSR count). The predicted octanol–water partition coefficient (Wildman–Crippen LogP) is 4.56. The summed E-state index contributed by atoms with van der Waals surface area (Å²) >= 11 is 1.45. The van der Waals surface area contributed by atoms with Gasteiger partial charge in [0.2, 0.25) is 5.95 Å². The number of rotatable bonds is 5. The number of methoxy groups -OCH3 is 2. The van der Waals surface area contributed by atoms with E-state index in [4.69, 9.17) is 14.5 Å².